The Morgan fingerprint density at radius 2 is 1.91 bits per heavy atom. The fourth-order valence-corrected chi connectivity index (χ4v) is 2.93. The maximum absolute atomic E-state index is 11.9. The van der Waals surface area contributed by atoms with Crippen molar-refractivity contribution in [2.75, 3.05) is 12.0 Å². The Balaban J connectivity index is 2.11. The Hall–Kier alpha value is -3.33. The maximum Gasteiger partial charge on any atom is 0.413 e. The molecule has 170 valence electrons. The zero-order chi connectivity index (χ0) is 23.8. The number of alkyl carbamates (subject to hydrolysis) is 1. The minimum Gasteiger partial charge on any atom is -0.450 e. The SMILES string of the molecule is CCOC(=O)NC(=O)C(C#N)NNc1cc(Cl)c(Oc2cc(C(C)C)c(=O)[nH]n2)c(Cl)c1. The minimum absolute atomic E-state index is 0.0539. The fourth-order valence-electron chi connectivity index (χ4n) is 2.37. The summed E-state index contributed by atoms with van der Waals surface area (Å²) in [5, 5.41) is 17.4. The van der Waals surface area contributed by atoms with E-state index in [1.807, 2.05) is 19.2 Å². The van der Waals surface area contributed by atoms with Crippen LogP contribution >= 0.6 is 23.2 Å². The molecule has 0 fully saturated rings. The highest BCUT2D eigenvalue weighted by atomic mass is 35.5. The predicted molar refractivity (Wildman–Crippen MR) is 117 cm³/mol. The monoisotopic (exact) mass is 482 g/mol. The average Bonchev–Trinajstić information content (AvgIpc) is 2.72. The van der Waals surface area contributed by atoms with Gasteiger partial charge >= 0.3 is 6.09 Å². The number of halogens is 2. The number of benzene rings is 1. The van der Waals surface area contributed by atoms with Crippen molar-refractivity contribution in [3.8, 4) is 17.7 Å². The molecule has 11 nitrogen and oxygen atoms in total. The number of hydrogen-bond donors (Lipinski definition) is 4. The van der Waals surface area contributed by atoms with E-state index < -0.39 is 18.0 Å². The smallest absolute Gasteiger partial charge is 0.413 e. The Morgan fingerprint density at radius 1 is 1.25 bits per heavy atom. The van der Waals surface area contributed by atoms with E-state index in [-0.39, 0.29) is 39.8 Å². The number of hydrazine groups is 1. The number of carbonyl (C=O) groups is 2. The topological polar surface area (TPSA) is 158 Å². The molecule has 2 aromatic rings. The summed E-state index contributed by atoms with van der Waals surface area (Å²) in [6.07, 6.45) is -0.969. The second kappa shape index (κ2) is 11.3. The summed E-state index contributed by atoms with van der Waals surface area (Å²) in [6, 6.07) is 4.59. The molecule has 1 heterocycles. The quantitative estimate of drug-likeness (QED) is 0.414. The van der Waals surface area contributed by atoms with Gasteiger partial charge < -0.3 is 14.9 Å². The van der Waals surface area contributed by atoms with Gasteiger partial charge in [0.25, 0.3) is 11.5 Å². The number of ether oxygens (including phenoxy) is 2. The van der Waals surface area contributed by atoms with Crippen LogP contribution in [0.25, 0.3) is 0 Å². The van der Waals surface area contributed by atoms with Crippen LogP contribution in [-0.2, 0) is 9.53 Å². The van der Waals surface area contributed by atoms with Gasteiger partial charge in [0.15, 0.2) is 11.8 Å². The number of nitriles is 1. The van der Waals surface area contributed by atoms with Gasteiger partial charge in [0, 0.05) is 11.6 Å². The van der Waals surface area contributed by atoms with Crippen LogP contribution in [0, 0.1) is 11.3 Å². The predicted octanol–water partition coefficient (Wildman–Crippen LogP) is 3.07. The molecule has 1 atom stereocenters. The summed E-state index contributed by atoms with van der Waals surface area (Å²) in [5.74, 6) is -0.788. The third-order valence-electron chi connectivity index (χ3n) is 3.89. The lowest BCUT2D eigenvalue weighted by Gasteiger charge is -2.15. The first-order chi connectivity index (χ1) is 15.2. The van der Waals surface area contributed by atoms with Gasteiger partial charge in [0.1, 0.15) is 0 Å². The third-order valence-corrected chi connectivity index (χ3v) is 4.45. The molecule has 0 radical (unpaired) electrons. The third kappa shape index (κ3) is 6.58. The molecule has 32 heavy (non-hydrogen) atoms. The van der Waals surface area contributed by atoms with Crippen molar-refractivity contribution >= 4 is 40.9 Å². The summed E-state index contributed by atoms with van der Waals surface area (Å²) in [4.78, 5) is 35.1. The lowest BCUT2D eigenvalue weighted by molar-refractivity contribution is -0.121. The Bertz CT molecular complexity index is 1080. The zero-order valence-corrected chi connectivity index (χ0v) is 18.8. The summed E-state index contributed by atoms with van der Waals surface area (Å²) >= 11 is 12.5. The van der Waals surface area contributed by atoms with E-state index >= 15 is 0 Å². The van der Waals surface area contributed by atoms with Crippen molar-refractivity contribution in [3.63, 3.8) is 0 Å². The van der Waals surface area contributed by atoms with Crippen molar-refractivity contribution in [2.45, 2.75) is 32.7 Å². The van der Waals surface area contributed by atoms with E-state index in [4.69, 9.17) is 33.2 Å². The summed E-state index contributed by atoms with van der Waals surface area (Å²) in [6.45, 7) is 5.34. The molecule has 1 aromatic heterocycles. The number of amides is 2. The van der Waals surface area contributed by atoms with E-state index in [1.165, 1.54) is 18.2 Å². The van der Waals surface area contributed by atoms with Gasteiger partial charge in [-0.1, -0.05) is 37.0 Å². The van der Waals surface area contributed by atoms with Gasteiger partial charge in [-0.05, 0) is 25.0 Å². The van der Waals surface area contributed by atoms with Crippen molar-refractivity contribution in [2.24, 2.45) is 0 Å². The van der Waals surface area contributed by atoms with Gasteiger partial charge in [0.2, 0.25) is 5.88 Å². The Kier molecular flexibility index (Phi) is 8.83. The first-order valence-corrected chi connectivity index (χ1v) is 10.1. The van der Waals surface area contributed by atoms with Gasteiger partial charge in [-0.2, -0.15) is 5.26 Å². The standard InChI is InChI=1S/C19H20Cl2N6O5/c1-4-31-19(30)23-18(29)14(8-22)25-24-10-5-12(20)16(13(21)6-10)32-15-7-11(9(2)3)17(28)27-26-15/h5-7,9,14,24-25H,4H2,1-3H3,(H,27,28)(H,23,29,30). The summed E-state index contributed by atoms with van der Waals surface area (Å²) < 4.78 is 10.2. The fraction of sp³-hybridized carbons (Fsp3) is 0.316. The molecule has 0 spiro atoms. The van der Waals surface area contributed by atoms with Crippen LogP contribution in [0.2, 0.25) is 10.0 Å². The van der Waals surface area contributed by atoms with Crippen LogP contribution in [0.1, 0.15) is 32.3 Å². The van der Waals surface area contributed by atoms with Crippen molar-refractivity contribution in [1.29, 1.82) is 5.26 Å². The number of nitrogens with one attached hydrogen (secondary N) is 4. The first kappa shape index (κ1) is 24.9. The normalized spacial score (nSPS) is 11.4. The van der Waals surface area contributed by atoms with Gasteiger partial charge in [0.05, 0.1) is 28.4 Å². The number of rotatable bonds is 8. The number of anilines is 1. The number of imide groups is 1. The second-order valence-electron chi connectivity index (χ2n) is 6.56. The summed E-state index contributed by atoms with van der Waals surface area (Å²) in [5.41, 5.74) is 5.51. The highest BCUT2D eigenvalue weighted by Crippen LogP contribution is 2.38. The number of nitrogens with zero attached hydrogens (tertiary/aromatic N) is 2. The molecular weight excluding hydrogens is 463 g/mol. The van der Waals surface area contributed by atoms with E-state index in [9.17, 15) is 14.4 Å². The van der Waals surface area contributed by atoms with Gasteiger partial charge in [-0.3, -0.25) is 14.9 Å². The van der Waals surface area contributed by atoms with Crippen LogP contribution in [0.3, 0.4) is 0 Å². The van der Waals surface area contributed by atoms with Crippen LogP contribution < -0.4 is 26.5 Å². The van der Waals surface area contributed by atoms with Crippen molar-refractivity contribution in [1.82, 2.24) is 20.9 Å². The number of carbonyl (C=O) groups excluding carboxylic acids is 2. The van der Waals surface area contributed by atoms with Crippen LogP contribution in [0.4, 0.5) is 10.5 Å². The molecule has 1 aromatic carbocycles. The molecule has 1 unspecified atom stereocenters. The van der Waals surface area contributed by atoms with E-state index in [0.29, 0.717) is 11.3 Å². The van der Waals surface area contributed by atoms with E-state index in [2.05, 4.69) is 25.8 Å². The number of H-pyrrole nitrogens is 1. The molecular formula is C19H20Cl2N6O5. The van der Waals surface area contributed by atoms with Crippen LogP contribution in [-0.4, -0.2) is 34.8 Å². The lowest BCUT2D eigenvalue weighted by atomic mass is 10.1. The largest absolute Gasteiger partial charge is 0.450 e. The molecule has 0 saturated heterocycles. The highest BCUT2D eigenvalue weighted by Gasteiger charge is 2.21. The molecule has 0 bridgehead atoms. The molecule has 13 heteroatoms. The minimum atomic E-state index is -1.42. The first-order valence-electron chi connectivity index (χ1n) is 9.31. The van der Waals surface area contributed by atoms with Gasteiger partial charge in [-0.15, -0.1) is 5.10 Å². The number of aromatic amines is 1. The van der Waals surface area contributed by atoms with Crippen LogP contribution in [0.5, 0.6) is 11.6 Å². The number of hydrogen-bond acceptors (Lipinski definition) is 9. The maximum atomic E-state index is 11.9. The van der Waals surface area contributed by atoms with E-state index in [1.54, 1.807) is 13.0 Å². The molecule has 0 saturated carbocycles. The van der Waals surface area contributed by atoms with E-state index in [0.717, 1.165) is 0 Å². The molecule has 0 aliphatic carbocycles. The van der Waals surface area contributed by atoms with Crippen molar-refractivity contribution in [3.05, 3.63) is 44.2 Å². The lowest BCUT2D eigenvalue weighted by Crippen LogP contribution is -2.47. The second-order valence-corrected chi connectivity index (χ2v) is 7.37. The highest BCUT2D eigenvalue weighted by molar-refractivity contribution is 6.37. The Labute approximate surface area is 193 Å². The molecule has 2 amide bonds. The molecule has 0 aliphatic heterocycles. The number of aromatic nitrogens is 2. The van der Waals surface area contributed by atoms with Crippen LogP contribution in [0.15, 0.2) is 23.0 Å². The molecule has 4 N–H and O–H groups in total. The average molecular weight is 483 g/mol. The summed E-state index contributed by atoms with van der Waals surface area (Å²) in [7, 11) is 0. The zero-order valence-electron chi connectivity index (χ0n) is 17.3. The Morgan fingerprint density at radius 3 is 2.47 bits per heavy atom. The van der Waals surface area contributed by atoms with Crippen molar-refractivity contribution < 1.29 is 19.1 Å². The molecule has 0 aliphatic rings. The van der Waals surface area contributed by atoms with Gasteiger partial charge in [-0.25, -0.2) is 15.3 Å². The molecule has 2 rings (SSSR count).